The molecule has 0 unspecified atom stereocenters. The molecule has 6 heteroatoms. The number of hydrogen-bond acceptors (Lipinski definition) is 5. The summed E-state index contributed by atoms with van der Waals surface area (Å²) in [6.45, 7) is 3.07. The lowest BCUT2D eigenvalue weighted by Gasteiger charge is -2.14. The second-order valence-electron chi connectivity index (χ2n) is 6.12. The highest BCUT2D eigenvalue weighted by Crippen LogP contribution is 2.34. The van der Waals surface area contributed by atoms with Crippen molar-refractivity contribution in [1.29, 1.82) is 0 Å². The van der Waals surface area contributed by atoms with Crippen LogP contribution in [0.5, 0.6) is 5.75 Å². The fraction of sp³-hybridized carbons (Fsp3) is 0.238. The van der Waals surface area contributed by atoms with Gasteiger partial charge in [-0.25, -0.2) is 4.98 Å². The standard InChI is InChI=1S/C21H20N2O3S/c1-2-25-17-10-8-16(9-11-17)23-18(15-6-4-3-5-7-15)14-22-21(23)27-19-12-13-26-20(19)24/h3-11,14,19H,2,12-13H2,1H3/t19-/m1/s1. The number of hydrogen-bond donors (Lipinski definition) is 0. The molecule has 5 nitrogen and oxygen atoms in total. The molecule has 0 bridgehead atoms. The van der Waals surface area contributed by atoms with Crippen molar-refractivity contribution in [3.05, 3.63) is 60.8 Å². The van der Waals surface area contributed by atoms with Crippen LogP contribution in [-0.4, -0.2) is 34.0 Å². The maximum Gasteiger partial charge on any atom is 0.319 e. The van der Waals surface area contributed by atoms with Crippen LogP contribution in [-0.2, 0) is 9.53 Å². The molecule has 4 rings (SSSR count). The molecule has 1 aliphatic rings. The van der Waals surface area contributed by atoms with Crippen molar-refractivity contribution in [3.8, 4) is 22.7 Å². The van der Waals surface area contributed by atoms with Crippen LogP contribution >= 0.6 is 11.8 Å². The fourth-order valence-electron chi connectivity index (χ4n) is 3.05. The Morgan fingerprint density at radius 2 is 1.96 bits per heavy atom. The lowest BCUT2D eigenvalue weighted by Crippen LogP contribution is -2.11. The quantitative estimate of drug-likeness (QED) is 0.595. The van der Waals surface area contributed by atoms with Gasteiger partial charge in [-0.3, -0.25) is 9.36 Å². The molecule has 0 N–H and O–H groups in total. The van der Waals surface area contributed by atoms with Crippen LogP contribution in [0.1, 0.15) is 13.3 Å². The van der Waals surface area contributed by atoms with E-state index in [-0.39, 0.29) is 11.2 Å². The van der Waals surface area contributed by atoms with Crippen molar-refractivity contribution in [2.45, 2.75) is 23.8 Å². The van der Waals surface area contributed by atoms with Crippen LogP contribution in [0.3, 0.4) is 0 Å². The Morgan fingerprint density at radius 3 is 2.63 bits per heavy atom. The molecule has 1 saturated heterocycles. The molecular formula is C21H20N2O3S. The molecule has 1 aromatic heterocycles. The molecule has 27 heavy (non-hydrogen) atoms. The minimum absolute atomic E-state index is 0.164. The Balaban J connectivity index is 1.75. The summed E-state index contributed by atoms with van der Waals surface area (Å²) < 4.78 is 12.7. The molecular weight excluding hydrogens is 360 g/mol. The molecule has 2 heterocycles. The van der Waals surface area contributed by atoms with E-state index < -0.39 is 0 Å². The van der Waals surface area contributed by atoms with Gasteiger partial charge in [0.2, 0.25) is 0 Å². The first-order chi connectivity index (χ1) is 13.3. The van der Waals surface area contributed by atoms with Crippen LogP contribution in [0, 0.1) is 0 Å². The van der Waals surface area contributed by atoms with Crippen molar-refractivity contribution in [3.63, 3.8) is 0 Å². The molecule has 0 saturated carbocycles. The Hall–Kier alpha value is -2.73. The minimum atomic E-state index is -0.211. The lowest BCUT2D eigenvalue weighted by molar-refractivity contribution is -0.137. The zero-order valence-corrected chi connectivity index (χ0v) is 15.8. The number of nitrogens with zero attached hydrogens (tertiary/aromatic N) is 2. The number of cyclic esters (lactones) is 1. The molecule has 0 radical (unpaired) electrons. The van der Waals surface area contributed by atoms with Crippen molar-refractivity contribution in [2.75, 3.05) is 13.2 Å². The van der Waals surface area contributed by atoms with Gasteiger partial charge in [-0.15, -0.1) is 0 Å². The Morgan fingerprint density at radius 1 is 1.19 bits per heavy atom. The van der Waals surface area contributed by atoms with E-state index in [2.05, 4.69) is 21.7 Å². The van der Waals surface area contributed by atoms with E-state index in [9.17, 15) is 4.79 Å². The van der Waals surface area contributed by atoms with Crippen LogP contribution in [0.4, 0.5) is 0 Å². The molecule has 0 amide bonds. The van der Waals surface area contributed by atoms with Crippen LogP contribution in [0.2, 0.25) is 0 Å². The summed E-state index contributed by atoms with van der Waals surface area (Å²) in [6.07, 6.45) is 2.56. The summed E-state index contributed by atoms with van der Waals surface area (Å²) in [7, 11) is 0. The van der Waals surface area contributed by atoms with Gasteiger partial charge < -0.3 is 9.47 Å². The average Bonchev–Trinajstić information content (AvgIpc) is 3.30. The zero-order chi connectivity index (χ0) is 18.6. The average molecular weight is 380 g/mol. The minimum Gasteiger partial charge on any atom is -0.494 e. The van der Waals surface area contributed by atoms with E-state index in [1.807, 2.05) is 55.6 Å². The van der Waals surface area contributed by atoms with Crippen molar-refractivity contribution >= 4 is 17.7 Å². The van der Waals surface area contributed by atoms with Gasteiger partial charge in [0.1, 0.15) is 11.0 Å². The summed E-state index contributed by atoms with van der Waals surface area (Å²) >= 11 is 1.46. The first-order valence-electron chi connectivity index (χ1n) is 8.96. The van der Waals surface area contributed by atoms with Crippen LogP contribution in [0.25, 0.3) is 16.9 Å². The Labute approximate surface area is 162 Å². The number of benzene rings is 2. The summed E-state index contributed by atoms with van der Waals surface area (Å²) in [5, 5.41) is 0.569. The topological polar surface area (TPSA) is 53.4 Å². The van der Waals surface area contributed by atoms with Gasteiger partial charge in [0.25, 0.3) is 0 Å². The predicted octanol–water partition coefficient (Wildman–Crippen LogP) is 4.35. The number of aromatic nitrogens is 2. The summed E-state index contributed by atoms with van der Waals surface area (Å²) in [5.41, 5.74) is 3.03. The summed E-state index contributed by atoms with van der Waals surface area (Å²) in [4.78, 5) is 16.5. The van der Waals surface area contributed by atoms with Crippen LogP contribution < -0.4 is 4.74 Å². The van der Waals surface area contributed by atoms with Crippen molar-refractivity contribution < 1.29 is 14.3 Å². The second-order valence-corrected chi connectivity index (χ2v) is 7.29. The molecule has 3 aromatic rings. The first-order valence-corrected chi connectivity index (χ1v) is 9.84. The van der Waals surface area contributed by atoms with Gasteiger partial charge in [0.05, 0.1) is 25.1 Å². The highest BCUT2D eigenvalue weighted by molar-refractivity contribution is 8.00. The SMILES string of the molecule is CCOc1ccc(-n2c(-c3ccccc3)cnc2S[C@@H]2CCOC2=O)cc1. The predicted molar refractivity (Wildman–Crippen MR) is 105 cm³/mol. The number of imidazole rings is 1. The number of carbonyl (C=O) groups excluding carboxylic acids is 1. The monoisotopic (exact) mass is 380 g/mol. The zero-order valence-electron chi connectivity index (χ0n) is 15.0. The van der Waals surface area contributed by atoms with Gasteiger partial charge in [-0.1, -0.05) is 42.1 Å². The highest BCUT2D eigenvalue weighted by atomic mass is 32.2. The number of ether oxygens (including phenoxy) is 2. The largest absolute Gasteiger partial charge is 0.494 e. The molecule has 0 spiro atoms. The third-order valence-electron chi connectivity index (χ3n) is 4.34. The molecule has 138 valence electrons. The maximum atomic E-state index is 11.9. The fourth-order valence-corrected chi connectivity index (χ4v) is 4.11. The normalized spacial score (nSPS) is 16.3. The number of carbonyl (C=O) groups is 1. The first kappa shape index (κ1) is 17.7. The van der Waals surface area contributed by atoms with Crippen LogP contribution in [0.15, 0.2) is 66.0 Å². The van der Waals surface area contributed by atoms with Gasteiger partial charge in [-0.2, -0.15) is 0 Å². The molecule has 1 atom stereocenters. The van der Waals surface area contributed by atoms with Gasteiger partial charge in [-0.05, 0) is 31.2 Å². The third-order valence-corrected chi connectivity index (χ3v) is 5.55. The van der Waals surface area contributed by atoms with Gasteiger partial charge in [0, 0.05) is 17.7 Å². The molecule has 2 aromatic carbocycles. The number of rotatable bonds is 6. The molecule has 0 aliphatic carbocycles. The van der Waals surface area contributed by atoms with E-state index in [1.165, 1.54) is 11.8 Å². The van der Waals surface area contributed by atoms with Crippen molar-refractivity contribution in [2.24, 2.45) is 0 Å². The smallest absolute Gasteiger partial charge is 0.319 e. The summed E-state index contributed by atoms with van der Waals surface area (Å²) in [5.74, 6) is 0.665. The lowest BCUT2D eigenvalue weighted by atomic mass is 10.1. The van der Waals surface area contributed by atoms with E-state index in [0.717, 1.165) is 27.9 Å². The maximum absolute atomic E-state index is 11.9. The molecule has 1 aliphatic heterocycles. The highest BCUT2D eigenvalue weighted by Gasteiger charge is 2.30. The Kier molecular flexibility index (Phi) is 5.16. The van der Waals surface area contributed by atoms with E-state index in [0.29, 0.717) is 19.6 Å². The van der Waals surface area contributed by atoms with Crippen molar-refractivity contribution in [1.82, 2.24) is 9.55 Å². The number of thioether (sulfide) groups is 1. The molecule has 1 fully saturated rings. The van der Waals surface area contributed by atoms with E-state index >= 15 is 0 Å². The van der Waals surface area contributed by atoms with Gasteiger partial charge in [0.15, 0.2) is 5.16 Å². The summed E-state index contributed by atoms with van der Waals surface area (Å²) in [6, 6.07) is 18.0. The van der Waals surface area contributed by atoms with Gasteiger partial charge >= 0.3 is 5.97 Å². The third kappa shape index (κ3) is 3.71. The second kappa shape index (κ2) is 7.88. The van der Waals surface area contributed by atoms with E-state index in [4.69, 9.17) is 9.47 Å². The van der Waals surface area contributed by atoms with E-state index in [1.54, 1.807) is 0 Å². The number of esters is 1. The Bertz CT molecular complexity index is 922.